The first-order valence-corrected chi connectivity index (χ1v) is 9.91. The lowest BCUT2D eigenvalue weighted by Crippen LogP contribution is -2.49. The van der Waals surface area contributed by atoms with E-state index in [1.807, 2.05) is 16.7 Å². The van der Waals surface area contributed by atoms with Crippen LogP contribution >= 0.6 is 0 Å². The zero-order valence-corrected chi connectivity index (χ0v) is 17.1. The van der Waals surface area contributed by atoms with Crippen LogP contribution in [0.25, 0.3) is 0 Å². The summed E-state index contributed by atoms with van der Waals surface area (Å²) in [5.41, 5.74) is 2.10. The number of amides is 1. The first-order valence-electron chi connectivity index (χ1n) is 9.91. The third-order valence-electron chi connectivity index (χ3n) is 5.37. The molecule has 1 aliphatic heterocycles. The fraction of sp³-hybridized carbons (Fsp3) is 0.455. The molecule has 152 valence electrons. The van der Waals surface area contributed by atoms with Crippen LogP contribution in [0.2, 0.25) is 0 Å². The molecule has 1 amide bonds. The van der Waals surface area contributed by atoms with Gasteiger partial charge in [0.05, 0.1) is 0 Å². The van der Waals surface area contributed by atoms with Crippen molar-refractivity contribution in [3.8, 4) is 6.07 Å². The summed E-state index contributed by atoms with van der Waals surface area (Å²) in [6, 6.07) is 10.2. The Kier molecular flexibility index (Phi) is 6.42. The maximum absolute atomic E-state index is 13.2. The van der Waals surface area contributed by atoms with Gasteiger partial charge in [-0.25, -0.2) is 14.4 Å². The second-order valence-electron chi connectivity index (χ2n) is 7.78. The smallest absolute Gasteiger partial charge is 0.226 e. The monoisotopic (exact) mass is 395 g/mol. The summed E-state index contributed by atoms with van der Waals surface area (Å²) in [6.45, 7) is 8.44. The van der Waals surface area contributed by atoms with Crippen molar-refractivity contribution in [1.82, 2.24) is 14.9 Å². The van der Waals surface area contributed by atoms with Gasteiger partial charge in [0.1, 0.15) is 17.6 Å². The quantitative estimate of drug-likeness (QED) is 0.777. The van der Waals surface area contributed by atoms with E-state index in [1.165, 1.54) is 12.1 Å². The number of carbonyl (C=O) groups is 1. The van der Waals surface area contributed by atoms with Crippen LogP contribution in [0.15, 0.2) is 30.3 Å². The number of carbonyl (C=O) groups excluding carboxylic acids is 1. The molecule has 1 saturated heterocycles. The van der Waals surface area contributed by atoms with Gasteiger partial charge in [-0.1, -0.05) is 26.0 Å². The second kappa shape index (κ2) is 8.99. The second-order valence-corrected chi connectivity index (χ2v) is 7.78. The van der Waals surface area contributed by atoms with E-state index >= 15 is 0 Å². The van der Waals surface area contributed by atoms with Crippen LogP contribution in [0.4, 0.5) is 10.3 Å². The minimum Gasteiger partial charge on any atom is -0.339 e. The van der Waals surface area contributed by atoms with Gasteiger partial charge in [0.2, 0.25) is 11.9 Å². The van der Waals surface area contributed by atoms with E-state index < -0.39 is 0 Å². The average Bonchev–Trinajstić information content (AvgIpc) is 2.72. The minimum atomic E-state index is -0.267. The largest absolute Gasteiger partial charge is 0.339 e. The summed E-state index contributed by atoms with van der Waals surface area (Å²) in [4.78, 5) is 25.5. The number of rotatable bonds is 5. The maximum atomic E-state index is 13.2. The highest BCUT2D eigenvalue weighted by Crippen LogP contribution is 2.29. The molecule has 1 fully saturated rings. The van der Waals surface area contributed by atoms with Gasteiger partial charge in [0.15, 0.2) is 0 Å². The van der Waals surface area contributed by atoms with E-state index in [4.69, 9.17) is 5.26 Å². The molecule has 6 nitrogen and oxygen atoms in total. The number of halogens is 1. The lowest BCUT2D eigenvalue weighted by Gasteiger charge is -2.36. The Labute approximate surface area is 171 Å². The normalized spacial score (nSPS) is 15.3. The average molecular weight is 395 g/mol. The van der Waals surface area contributed by atoms with Crippen LogP contribution in [0.5, 0.6) is 0 Å². The van der Waals surface area contributed by atoms with Crippen molar-refractivity contribution in [2.75, 3.05) is 31.1 Å². The van der Waals surface area contributed by atoms with Gasteiger partial charge in [-0.05, 0) is 42.5 Å². The van der Waals surface area contributed by atoms with Crippen molar-refractivity contribution in [3.05, 3.63) is 53.1 Å². The number of anilines is 1. The SMILES string of the molecule is Cc1cc(C#N)nc(N2CCN(C(=O)CC(c3ccc(F)cc3)C(C)C)CC2)n1. The van der Waals surface area contributed by atoms with Crippen LogP contribution < -0.4 is 4.90 Å². The van der Waals surface area contributed by atoms with Crippen molar-refractivity contribution in [3.63, 3.8) is 0 Å². The van der Waals surface area contributed by atoms with E-state index in [0.717, 1.165) is 11.3 Å². The first kappa shape index (κ1) is 20.7. The van der Waals surface area contributed by atoms with Crippen LogP contribution in [-0.4, -0.2) is 47.0 Å². The molecule has 0 spiro atoms. The van der Waals surface area contributed by atoms with Gasteiger partial charge in [-0.2, -0.15) is 5.26 Å². The topological polar surface area (TPSA) is 73.1 Å². The van der Waals surface area contributed by atoms with Gasteiger partial charge in [-0.15, -0.1) is 0 Å². The third kappa shape index (κ3) is 5.08. The summed E-state index contributed by atoms with van der Waals surface area (Å²) in [7, 11) is 0. The van der Waals surface area contributed by atoms with Gasteiger partial charge < -0.3 is 9.80 Å². The molecule has 1 atom stereocenters. The van der Waals surface area contributed by atoms with Crippen molar-refractivity contribution in [2.45, 2.75) is 33.1 Å². The Morgan fingerprint density at radius 1 is 1.17 bits per heavy atom. The third-order valence-corrected chi connectivity index (χ3v) is 5.37. The van der Waals surface area contributed by atoms with Crippen LogP contribution in [0.3, 0.4) is 0 Å². The first-order chi connectivity index (χ1) is 13.9. The highest BCUT2D eigenvalue weighted by Gasteiger charge is 2.27. The Bertz CT molecular complexity index is 898. The highest BCUT2D eigenvalue weighted by atomic mass is 19.1. The Hall–Kier alpha value is -3.01. The standard InChI is InChI=1S/C22H26FN5O/c1-15(2)20(17-4-6-18(23)7-5-17)13-21(29)27-8-10-28(11-9-27)22-25-16(3)12-19(14-24)26-22/h4-7,12,15,20H,8-11,13H2,1-3H3. The van der Waals surface area contributed by atoms with E-state index in [-0.39, 0.29) is 23.6 Å². The molecule has 7 heteroatoms. The fourth-order valence-electron chi connectivity index (χ4n) is 3.67. The predicted octanol–water partition coefficient (Wildman–Crippen LogP) is 3.27. The molecule has 2 heterocycles. The molecule has 0 N–H and O–H groups in total. The van der Waals surface area contributed by atoms with Crippen molar-refractivity contribution >= 4 is 11.9 Å². The molecule has 3 rings (SSSR count). The van der Waals surface area contributed by atoms with Gasteiger partial charge in [0.25, 0.3) is 0 Å². The molecule has 1 aromatic heterocycles. The molecule has 0 radical (unpaired) electrons. The maximum Gasteiger partial charge on any atom is 0.226 e. The highest BCUT2D eigenvalue weighted by molar-refractivity contribution is 5.77. The molecule has 1 unspecified atom stereocenters. The van der Waals surface area contributed by atoms with Gasteiger partial charge in [-0.3, -0.25) is 4.79 Å². The Morgan fingerprint density at radius 3 is 2.41 bits per heavy atom. The van der Waals surface area contributed by atoms with Crippen LogP contribution in [-0.2, 0) is 4.79 Å². The fourth-order valence-corrected chi connectivity index (χ4v) is 3.67. The lowest BCUT2D eigenvalue weighted by molar-refractivity contribution is -0.132. The Balaban J connectivity index is 1.63. The minimum absolute atomic E-state index is 0.0550. The zero-order valence-electron chi connectivity index (χ0n) is 17.1. The number of aryl methyl sites for hydroxylation is 1. The van der Waals surface area contributed by atoms with Crippen molar-refractivity contribution in [1.29, 1.82) is 5.26 Å². The van der Waals surface area contributed by atoms with E-state index in [2.05, 4.69) is 29.9 Å². The number of nitriles is 1. The number of nitrogens with zero attached hydrogens (tertiary/aromatic N) is 5. The summed E-state index contributed by atoms with van der Waals surface area (Å²) in [6.07, 6.45) is 0.406. The molecule has 29 heavy (non-hydrogen) atoms. The number of hydrogen-bond acceptors (Lipinski definition) is 5. The predicted molar refractivity (Wildman–Crippen MR) is 109 cm³/mol. The van der Waals surface area contributed by atoms with E-state index in [9.17, 15) is 9.18 Å². The van der Waals surface area contributed by atoms with Crippen LogP contribution in [0, 0.1) is 30.0 Å². The molecule has 1 aromatic carbocycles. The lowest BCUT2D eigenvalue weighted by atomic mass is 9.85. The van der Waals surface area contributed by atoms with E-state index in [1.54, 1.807) is 18.2 Å². The summed E-state index contributed by atoms with van der Waals surface area (Å²) in [5, 5.41) is 9.11. The van der Waals surface area contributed by atoms with E-state index in [0.29, 0.717) is 44.2 Å². The molecular formula is C22H26FN5O. The molecule has 2 aromatic rings. The number of piperazine rings is 1. The van der Waals surface area contributed by atoms with Crippen molar-refractivity contribution in [2.24, 2.45) is 5.92 Å². The summed E-state index contributed by atoms with van der Waals surface area (Å²) < 4.78 is 13.2. The molecule has 0 saturated carbocycles. The molecule has 0 aliphatic carbocycles. The van der Waals surface area contributed by atoms with Crippen molar-refractivity contribution < 1.29 is 9.18 Å². The Morgan fingerprint density at radius 2 is 1.83 bits per heavy atom. The number of benzene rings is 1. The van der Waals surface area contributed by atoms with Gasteiger partial charge in [0, 0.05) is 38.3 Å². The van der Waals surface area contributed by atoms with Gasteiger partial charge >= 0.3 is 0 Å². The molecule has 0 bridgehead atoms. The number of hydrogen-bond donors (Lipinski definition) is 0. The molecule has 1 aliphatic rings. The molecular weight excluding hydrogens is 369 g/mol. The zero-order chi connectivity index (χ0) is 21.0. The summed E-state index contributed by atoms with van der Waals surface area (Å²) >= 11 is 0. The summed E-state index contributed by atoms with van der Waals surface area (Å²) in [5.74, 6) is 0.711. The number of aromatic nitrogens is 2. The van der Waals surface area contributed by atoms with Crippen LogP contribution in [0.1, 0.15) is 43.1 Å².